The summed E-state index contributed by atoms with van der Waals surface area (Å²) < 4.78 is 0. The first-order chi connectivity index (χ1) is 7.94. The molecular weight excluding hydrogens is 216 g/mol. The topological polar surface area (TPSA) is 49.4 Å². The van der Waals surface area contributed by atoms with Gasteiger partial charge in [0.25, 0.3) is 0 Å². The van der Waals surface area contributed by atoms with Crippen LogP contribution in [0.25, 0.3) is 0 Å². The summed E-state index contributed by atoms with van der Waals surface area (Å²) in [7, 11) is 0. The van der Waals surface area contributed by atoms with E-state index in [9.17, 15) is 9.59 Å². The van der Waals surface area contributed by atoms with Crippen molar-refractivity contribution in [2.45, 2.75) is 45.7 Å². The van der Waals surface area contributed by atoms with E-state index in [4.69, 9.17) is 0 Å². The Morgan fingerprint density at radius 3 is 2.35 bits per heavy atom. The Hall–Kier alpha value is -0.900. The molecule has 1 aliphatic carbocycles. The van der Waals surface area contributed by atoms with Crippen molar-refractivity contribution in [2.24, 2.45) is 17.3 Å². The van der Waals surface area contributed by atoms with Crippen molar-refractivity contribution in [2.75, 3.05) is 6.54 Å². The van der Waals surface area contributed by atoms with Gasteiger partial charge in [-0.3, -0.25) is 14.5 Å². The maximum Gasteiger partial charge on any atom is 0.233 e. The van der Waals surface area contributed by atoms with E-state index in [-0.39, 0.29) is 35.1 Å². The monoisotopic (exact) mass is 236 g/mol. The average molecular weight is 236 g/mol. The van der Waals surface area contributed by atoms with Crippen molar-refractivity contribution in [3.8, 4) is 0 Å². The van der Waals surface area contributed by atoms with Gasteiger partial charge in [0.05, 0.1) is 11.8 Å². The Balaban J connectivity index is 1.78. The van der Waals surface area contributed by atoms with Crippen molar-refractivity contribution in [3.05, 3.63) is 0 Å². The van der Waals surface area contributed by atoms with Gasteiger partial charge in [0.15, 0.2) is 0 Å². The first kappa shape index (κ1) is 11.2. The molecule has 4 unspecified atom stereocenters. The van der Waals surface area contributed by atoms with E-state index in [0.29, 0.717) is 6.04 Å². The minimum absolute atomic E-state index is 0.0276. The zero-order valence-corrected chi connectivity index (χ0v) is 10.7. The molecule has 2 heterocycles. The van der Waals surface area contributed by atoms with Crippen molar-refractivity contribution in [1.29, 1.82) is 0 Å². The summed E-state index contributed by atoms with van der Waals surface area (Å²) in [6, 6.07) is 0.536. The van der Waals surface area contributed by atoms with Crippen LogP contribution in [0.2, 0.25) is 0 Å². The molecule has 2 amide bonds. The number of carbonyl (C=O) groups is 2. The summed E-state index contributed by atoms with van der Waals surface area (Å²) in [4.78, 5) is 26.1. The lowest BCUT2D eigenvalue weighted by molar-refractivity contribution is -0.146. The van der Waals surface area contributed by atoms with Crippen molar-refractivity contribution >= 4 is 11.8 Å². The molecule has 4 nitrogen and oxygen atoms in total. The maximum absolute atomic E-state index is 12.3. The van der Waals surface area contributed by atoms with Crippen LogP contribution in [0.1, 0.15) is 33.6 Å². The Labute approximate surface area is 102 Å². The summed E-state index contributed by atoms with van der Waals surface area (Å²) in [6.07, 6.45) is 1.80. The van der Waals surface area contributed by atoms with Gasteiger partial charge < -0.3 is 5.32 Å². The van der Waals surface area contributed by atoms with Crippen molar-refractivity contribution in [1.82, 2.24) is 10.2 Å². The molecule has 3 aliphatic rings. The van der Waals surface area contributed by atoms with E-state index >= 15 is 0 Å². The van der Waals surface area contributed by atoms with E-state index in [2.05, 4.69) is 12.2 Å². The molecule has 94 valence electrons. The van der Waals surface area contributed by atoms with Gasteiger partial charge in [0, 0.05) is 12.1 Å². The van der Waals surface area contributed by atoms with Crippen LogP contribution < -0.4 is 5.32 Å². The molecule has 0 spiro atoms. The molecule has 0 bridgehead atoms. The average Bonchev–Trinajstić information content (AvgIpc) is 2.68. The summed E-state index contributed by atoms with van der Waals surface area (Å²) >= 11 is 0. The van der Waals surface area contributed by atoms with Gasteiger partial charge in [0.2, 0.25) is 11.8 Å². The highest BCUT2D eigenvalue weighted by Gasteiger charge is 2.73. The van der Waals surface area contributed by atoms with E-state index in [0.717, 1.165) is 19.4 Å². The second-order valence-electron chi connectivity index (χ2n) is 6.36. The Bertz CT molecular complexity index is 367. The van der Waals surface area contributed by atoms with Gasteiger partial charge >= 0.3 is 0 Å². The lowest BCUT2D eigenvalue weighted by Crippen LogP contribution is -2.50. The van der Waals surface area contributed by atoms with Crippen molar-refractivity contribution < 1.29 is 9.59 Å². The molecule has 0 aromatic rings. The Morgan fingerprint density at radius 2 is 1.82 bits per heavy atom. The molecule has 1 N–H and O–H groups in total. The van der Waals surface area contributed by atoms with Crippen LogP contribution >= 0.6 is 0 Å². The molecule has 0 aromatic carbocycles. The second kappa shape index (κ2) is 3.31. The molecule has 4 heteroatoms. The molecule has 3 rings (SSSR count). The fourth-order valence-electron chi connectivity index (χ4n) is 3.67. The fraction of sp³-hybridized carbons (Fsp3) is 0.846. The highest BCUT2D eigenvalue weighted by Crippen LogP contribution is 2.63. The van der Waals surface area contributed by atoms with Crippen LogP contribution in [0.3, 0.4) is 0 Å². The number of fused-ring (bicyclic) bond motifs is 1. The van der Waals surface area contributed by atoms with Gasteiger partial charge in [-0.25, -0.2) is 0 Å². The van der Waals surface area contributed by atoms with Crippen molar-refractivity contribution in [3.63, 3.8) is 0 Å². The first-order valence-electron chi connectivity index (χ1n) is 6.55. The Kier molecular flexibility index (Phi) is 2.18. The highest BCUT2D eigenvalue weighted by molar-refractivity contribution is 6.10. The third-order valence-corrected chi connectivity index (χ3v) is 4.80. The van der Waals surface area contributed by atoms with E-state index in [1.165, 1.54) is 0 Å². The number of amides is 2. The van der Waals surface area contributed by atoms with Crippen LogP contribution in [0, 0.1) is 17.3 Å². The molecule has 2 aliphatic heterocycles. The smallest absolute Gasteiger partial charge is 0.233 e. The van der Waals surface area contributed by atoms with Crippen LogP contribution in [-0.2, 0) is 9.59 Å². The second-order valence-corrected chi connectivity index (χ2v) is 6.36. The number of carbonyl (C=O) groups excluding carboxylic acids is 2. The summed E-state index contributed by atoms with van der Waals surface area (Å²) in [5, 5.41) is 3.35. The number of nitrogens with zero attached hydrogens (tertiary/aromatic N) is 1. The molecule has 4 atom stereocenters. The van der Waals surface area contributed by atoms with Gasteiger partial charge in [-0.2, -0.15) is 0 Å². The number of hydrogen-bond donors (Lipinski definition) is 1. The number of likely N-dealkylation sites (tertiary alicyclic amines) is 1. The van der Waals surface area contributed by atoms with Gasteiger partial charge in [-0.05, 0) is 31.7 Å². The lowest BCUT2D eigenvalue weighted by atomic mass is 9.97. The minimum Gasteiger partial charge on any atom is -0.314 e. The third kappa shape index (κ3) is 1.39. The predicted octanol–water partition coefficient (Wildman–Crippen LogP) is 0.768. The lowest BCUT2D eigenvalue weighted by Gasteiger charge is -2.35. The van der Waals surface area contributed by atoms with Crippen LogP contribution in [-0.4, -0.2) is 35.3 Å². The molecule has 2 saturated heterocycles. The number of piperidine rings is 2. The van der Waals surface area contributed by atoms with Gasteiger partial charge in [0.1, 0.15) is 0 Å². The molecule has 1 saturated carbocycles. The van der Waals surface area contributed by atoms with Crippen LogP contribution in [0.5, 0.6) is 0 Å². The summed E-state index contributed by atoms with van der Waals surface area (Å²) in [6.45, 7) is 7.07. The van der Waals surface area contributed by atoms with E-state index in [1.807, 2.05) is 13.8 Å². The fourth-order valence-corrected chi connectivity index (χ4v) is 3.67. The SMILES string of the molecule is CC1CC(N2C(=O)C3C(C2=O)C3(C)C)CCN1. The van der Waals surface area contributed by atoms with Gasteiger partial charge in [-0.15, -0.1) is 0 Å². The quantitative estimate of drug-likeness (QED) is 0.684. The zero-order valence-electron chi connectivity index (χ0n) is 10.7. The van der Waals surface area contributed by atoms with Gasteiger partial charge in [-0.1, -0.05) is 13.8 Å². The molecular formula is C13H20N2O2. The number of nitrogens with one attached hydrogen (secondary N) is 1. The molecule has 3 fully saturated rings. The summed E-state index contributed by atoms with van der Waals surface area (Å²) in [5.41, 5.74) is -0.0802. The third-order valence-electron chi connectivity index (χ3n) is 4.80. The van der Waals surface area contributed by atoms with Crippen LogP contribution in [0.4, 0.5) is 0 Å². The van der Waals surface area contributed by atoms with E-state index < -0.39 is 0 Å². The number of hydrogen-bond acceptors (Lipinski definition) is 3. The summed E-state index contributed by atoms with van der Waals surface area (Å²) in [5.74, 6) is 0.119. The maximum atomic E-state index is 12.3. The molecule has 0 radical (unpaired) electrons. The highest BCUT2D eigenvalue weighted by atomic mass is 16.2. The number of rotatable bonds is 1. The number of imide groups is 1. The van der Waals surface area contributed by atoms with Crippen LogP contribution in [0.15, 0.2) is 0 Å². The largest absolute Gasteiger partial charge is 0.314 e. The van der Waals surface area contributed by atoms with E-state index in [1.54, 1.807) is 4.90 Å². The Morgan fingerprint density at radius 1 is 1.24 bits per heavy atom. The molecule has 17 heavy (non-hydrogen) atoms. The molecule has 0 aromatic heterocycles. The zero-order chi connectivity index (χ0) is 12.4. The standard InChI is InChI=1S/C13H20N2O2/c1-7-6-8(4-5-14-7)15-11(16)9-10(12(15)17)13(9,2)3/h7-10,14H,4-6H2,1-3H3. The normalized spacial score (nSPS) is 43.8. The minimum atomic E-state index is -0.0802. The predicted molar refractivity (Wildman–Crippen MR) is 63.1 cm³/mol. The first-order valence-corrected chi connectivity index (χ1v) is 6.55.